The first-order valence-electron chi connectivity index (χ1n) is 7.11. The van der Waals surface area contributed by atoms with Crippen LogP contribution in [0, 0.1) is 5.92 Å². The number of rotatable bonds is 10. The number of alkyl halides is 3. The Labute approximate surface area is 123 Å². The molecule has 0 saturated carbocycles. The molecule has 1 atom stereocenters. The Hall–Kier alpha value is -0.390. The van der Waals surface area contributed by atoms with E-state index in [0.29, 0.717) is 31.1 Å². The van der Waals surface area contributed by atoms with E-state index in [1.807, 2.05) is 13.8 Å². The molecule has 0 aromatic carbocycles. The molecular weight excluding hydrogens is 289 g/mol. The Kier molecular flexibility index (Phi) is 10.2. The molecule has 120 valence electrons. The lowest BCUT2D eigenvalue weighted by atomic mass is 10.1. The van der Waals surface area contributed by atoms with E-state index >= 15 is 0 Å². The topological polar surface area (TPSA) is 26.3 Å². The number of halogens is 3. The van der Waals surface area contributed by atoms with Gasteiger partial charge in [-0.3, -0.25) is 4.79 Å². The average molecular weight is 314 g/mol. The van der Waals surface area contributed by atoms with Crippen molar-refractivity contribution >= 4 is 17.7 Å². The van der Waals surface area contributed by atoms with Crippen LogP contribution in [0.5, 0.6) is 0 Å². The highest BCUT2D eigenvalue weighted by Gasteiger charge is 2.26. The molecule has 0 aliphatic rings. The lowest BCUT2D eigenvalue weighted by molar-refractivity contribution is -0.142. The van der Waals surface area contributed by atoms with Gasteiger partial charge < -0.3 is 4.74 Å². The predicted octanol–water partition coefficient (Wildman–Crippen LogP) is 4.82. The molecule has 20 heavy (non-hydrogen) atoms. The fraction of sp³-hybridized carbons (Fsp3) is 0.929. The highest BCUT2D eigenvalue weighted by atomic mass is 32.2. The summed E-state index contributed by atoms with van der Waals surface area (Å²) in [5, 5.41) is -0.197. The third-order valence-electron chi connectivity index (χ3n) is 2.66. The van der Waals surface area contributed by atoms with Gasteiger partial charge in [-0.25, -0.2) is 0 Å². The van der Waals surface area contributed by atoms with Crippen LogP contribution in [0.15, 0.2) is 0 Å². The molecule has 0 fully saturated rings. The van der Waals surface area contributed by atoms with E-state index in [0.717, 1.165) is 6.42 Å². The fourth-order valence-corrected chi connectivity index (χ4v) is 3.11. The van der Waals surface area contributed by atoms with Crippen LogP contribution in [0.25, 0.3) is 0 Å². The molecule has 0 spiro atoms. The largest absolute Gasteiger partial charge is 0.465 e. The molecule has 1 unspecified atom stereocenters. The van der Waals surface area contributed by atoms with Gasteiger partial charge in [-0.15, -0.1) is 11.8 Å². The van der Waals surface area contributed by atoms with Gasteiger partial charge in [0.2, 0.25) is 0 Å². The lowest BCUT2D eigenvalue weighted by Crippen LogP contribution is -2.22. The van der Waals surface area contributed by atoms with Crippen molar-refractivity contribution in [1.29, 1.82) is 0 Å². The minimum Gasteiger partial charge on any atom is -0.465 e. The van der Waals surface area contributed by atoms with Crippen LogP contribution in [-0.2, 0) is 9.53 Å². The summed E-state index contributed by atoms with van der Waals surface area (Å²) in [6, 6.07) is 0. The Morgan fingerprint density at radius 2 is 1.85 bits per heavy atom. The first-order valence-corrected chi connectivity index (χ1v) is 8.16. The maximum Gasteiger partial charge on any atom is 0.389 e. The lowest BCUT2D eigenvalue weighted by Gasteiger charge is -2.17. The molecule has 0 aliphatic carbocycles. The van der Waals surface area contributed by atoms with Gasteiger partial charge in [-0.05, 0) is 37.9 Å². The summed E-state index contributed by atoms with van der Waals surface area (Å²) >= 11 is 1.50. The van der Waals surface area contributed by atoms with E-state index in [-0.39, 0.29) is 17.6 Å². The maximum absolute atomic E-state index is 12.0. The van der Waals surface area contributed by atoms with Crippen molar-refractivity contribution in [3.05, 3.63) is 0 Å². The van der Waals surface area contributed by atoms with Crippen LogP contribution in [0.1, 0.15) is 52.9 Å². The molecule has 0 amide bonds. The fourth-order valence-electron chi connectivity index (χ4n) is 1.73. The zero-order valence-electron chi connectivity index (χ0n) is 12.5. The minimum atomic E-state index is -4.06. The number of hydrogen-bond acceptors (Lipinski definition) is 3. The highest BCUT2D eigenvalue weighted by molar-refractivity contribution is 8.00. The molecule has 0 radical (unpaired) electrons. The highest BCUT2D eigenvalue weighted by Crippen LogP contribution is 2.25. The first-order chi connectivity index (χ1) is 9.26. The van der Waals surface area contributed by atoms with Crippen LogP contribution >= 0.6 is 11.8 Å². The van der Waals surface area contributed by atoms with E-state index in [4.69, 9.17) is 4.74 Å². The van der Waals surface area contributed by atoms with Crippen LogP contribution < -0.4 is 0 Å². The zero-order chi connectivity index (χ0) is 15.6. The molecule has 0 rings (SSSR count). The van der Waals surface area contributed by atoms with Gasteiger partial charge in [-0.1, -0.05) is 20.3 Å². The van der Waals surface area contributed by atoms with Crippen LogP contribution in [0.3, 0.4) is 0 Å². The normalized spacial score (nSPS) is 13.6. The van der Waals surface area contributed by atoms with Gasteiger partial charge in [0.1, 0.15) is 5.25 Å². The summed E-state index contributed by atoms with van der Waals surface area (Å²) < 4.78 is 40.9. The molecule has 2 nitrogen and oxygen atoms in total. The van der Waals surface area contributed by atoms with E-state index in [2.05, 4.69) is 0 Å². The van der Waals surface area contributed by atoms with E-state index in [1.54, 1.807) is 6.92 Å². The van der Waals surface area contributed by atoms with Crippen molar-refractivity contribution in [3.8, 4) is 0 Å². The van der Waals surface area contributed by atoms with Crippen molar-refractivity contribution < 1.29 is 22.7 Å². The first kappa shape index (κ1) is 19.6. The van der Waals surface area contributed by atoms with Gasteiger partial charge in [0.25, 0.3) is 0 Å². The van der Waals surface area contributed by atoms with Gasteiger partial charge in [-0.2, -0.15) is 13.2 Å². The van der Waals surface area contributed by atoms with Crippen LogP contribution in [-0.4, -0.2) is 29.8 Å². The summed E-state index contributed by atoms with van der Waals surface area (Å²) in [7, 11) is 0. The smallest absolute Gasteiger partial charge is 0.389 e. The molecule has 0 bridgehead atoms. The second-order valence-corrected chi connectivity index (χ2v) is 6.48. The number of carbonyl (C=O) groups is 1. The quantitative estimate of drug-likeness (QED) is 0.427. The average Bonchev–Trinajstić information content (AvgIpc) is 2.30. The van der Waals surface area contributed by atoms with Gasteiger partial charge >= 0.3 is 12.1 Å². The molecule has 0 aromatic heterocycles. The summed E-state index contributed by atoms with van der Waals surface area (Å²) in [5.74, 6) is 0.886. The van der Waals surface area contributed by atoms with Gasteiger partial charge in [0.05, 0.1) is 6.61 Å². The Bertz CT molecular complexity index is 268. The minimum absolute atomic E-state index is 0.165. The maximum atomic E-state index is 12.0. The van der Waals surface area contributed by atoms with Gasteiger partial charge in [0, 0.05) is 6.42 Å². The Morgan fingerprint density at radius 3 is 2.35 bits per heavy atom. The Balaban J connectivity index is 3.87. The van der Waals surface area contributed by atoms with Crippen molar-refractivity contribution in [2.75, 3.05) is 12.4 Å². The predicted molar refractivity (Wildman–Crippen MR) is 76.9 cm³/mol. The van der Waals surface area contributed by atoms with Crippen molar-refractivity contribution in [2.45, 2.75) is 64.3 Å². The van der Waals surface area contributed by atoms with Crippen LogP contribution in [0.4, 0.5) is 13.2 Å². The summed E-state index contributed by atoms with van der Waals surface area (Å²) in [6.07, 6.45) is -2.62. The van der Waals surface area contributed by atoms with Crippen molar-refractivity contribution in [1.82, 2.24) is 0 Å². The number of esters is 1. The zero-order valence-corrected chi connectivity index (χ0v) is 13.3. The van der Waals surface area contributed by atoms with Crippen molar-refractivity contribution in [2.24, 2.45) is 5.92 Å². The second kappa shape index (κ2) is 10.4. The molecule has 0 aliphatic heterocycles. The molecule has 6 heteroatoms. The standard InChI is InChI=1S/C14H25F3O2S/c1-4-19-13(18)12(10-11(2)3)20-9-7-5-6-8-14(15,16)17/h11-12H,4-10H2,1-3H3. The third kappa shape index (κ3) is 11.4. The molecule has 0 aromatic rings. The summed E-state index contributed by atoms with van der Waals surface area (Å²) in [4.78, 5) is 11.7. The number of hydrogen-bond donors (Lipinski definition) is 0. The van der Waals surface area contributed by atoms with Crippen molar-refractivity contribution in [3.63, 3.8) is 0 Å². The van der Waals surface area contributed by atoms with Gasteiger partial charge in [0.15, 0.2) is 0 Å². The SMILES string of the molecule is CCOC(=O)C(CC(C)C)SCCCCCC(F)(F)F. The van der Waals surface area contributed by atoms with E-state index in [1.165, 1.54) is 11.8 Å². The summed E-state index contributed by atoms with van der Waals surface area (Å²) in [5.41, 5.74) is 0. The summed E-state index contributed by atoms with van der Waals surface area (Å²) in [6.45, 7) is 6.21. The molecule has 0 heterocycles. The number of carbonyl (C=O) groups excluding carboxylic acids is 1. The second-order valence-electron chi connectivity index (χ2n) is 5.17. The van der Waals surface area contributed by atoms with E-state index < -0.39 is 12.6 Å². The van der Waals surface area contributed by atoms with Crippen LogP contribution in [0.2, 0.25) is 0 Å². The molecule has 0 saturated heterocycles. The monoisotopic (exact) mass is 314 g/mol. The van der Waals surface area contributed by atoms with E-state index in [9.17, 15) is 18.0 Å². The Morgan fingerprint density at radius 1 is 1.20 bits per heavy atom. The number of thioether (sulfide) groups is 1. The molecule has 0 N–H and O–H groups in total. The third-order valence-corrected chi connectivity index (χ3v) is 3.97. The number of unbranched alkanes of at least 4 members (excludes halogenated alkanes) is 2. The molecular formula is C14H25F3O2S. The number of ether oxygens (including phenoxy) is 1.